The number of nitrogens with one attached hydrogen (secondary N) is 1. The molecule has 0 radical (unpaired) electrons. The third-order valence-corrected chi connectivity index (χ3v) is 3.22. The third-order valence-electron chi connectivity index (χ3n) is 3.22. The van der Waals surface area contributed by atoms with Crippen molar-refractivity contribution in [3.63, 3.8) is 0 Å². The van der Waals surface area contributed by atoms with Gasteiger partial charge in [0.25, 0.3) is 0 Å². The van der Waals surface area contributed by atoms with Crippen LogP contribution in [0.1, 0.15) is 5.56 Å². The predicted octanol–water partition coefficient (Wildman–Crippen LogP) is 3.79. The minimum atomic E-state index is -4.74. The van der Waals surface area contributed by atoms with Crippen molar-refractivity contribution in [1.82, 2.24) is 0 Å². The summed E-state index contributed by atoms with van der Waals surface area (Å²) in [5.74, 6) is 0.0357. The van der Waals surface area contributed by atoms with E-state index in [2.05, 4.69) is 10.1 Å². The van der Waals surface area contributed by atoms with Gasteiger partial charge in [0.2, 0.25) is 5.91 Å². The lowest BCUT2D eigenvalue weighted by Gasteiger charge is -2.10. The summed E-state index contributed by atoms with van der Waals surface area (Å²) in [6.07, 6.45) is -4.71. The molecule has 0 saturated heterocycles. The summed E-state index contributed by atoms with van der Waals surface area (Å²) < 4.78 is 50.4. The van der Waals surface area contributed by atoms with Crippen LogP contribution in [0.3, 0.4) is 0 Å². The van der Waals surface area contributed by atoms with Crippen molar-refractivity contribution in [3.8, 4) is 11.5 Å². The molecule has 8 heteroatoms. The molecule has 0 aromatic heterocycles. The van der Waals surface area contributed by atoms with Crippen LogP contribution in [-0.4, -0.2) is 32.6 Å². The van der Waals surface area contributed by atoms with Crippen LogP contribution < -0.4 is 14.8 Å². The van der Waals surface area contributed by atoms with E-state index in [0.717, 1.165) is 0 Å². The van der Waals surface area contributed by atoms with Gasteiger partial charge in [-0.25, -0.2) is 0 Å². The molecule has 0 aliphatic rings. The zero-order valence-electron chi connectivity index (χ0n) is 14.0. The van der Waals surface area contributed by atoms with Crippen LogP contribution in [0.25, 0.3) is 0 Å². The molecule has 1 amide bonds. The minimum Gasteiger partial charge on any atom is -0.491 e. The number of ether oxygens (including phenoxy) is 3. The number of amides is 1. The van der Waals surface area contributed by atoms with Crippen molar-refractivity contribution >= 4 is 11.6 Å². The van der Waals surface area contributed by atoms with Crippen molar-refractivity contribution in [2.75, 3.05) is 25.6 Å². The Morgan fingerprint density at radius 3 is 2.15 bits per heavy atom. The van der Waals surface area contributed by atoms with E-state index in [1.165, 1.54) is 24.3 Å². The zero-order valence-corrected chi connectivity index (χ0v) is 14.0. The summed E-state index contributed by atoms with van der Waals surface area (Å²) in [5.41, 5.74) is 1.16. The van der Waals surface area contributed by atoms with Crippen LogP contribution in [0.2, 0.25) is 0 Å². The van der Waals surface area contributed by atoms with E-state index >= 15 is 0 Å². The second-order valence-corrected chi connectivity index (χ2v) is 5.28. The zero-order chi connectivity index (χ0) is 19.0. The molecule has 0 aliphatic carbocycles. The maximum atomic E-state index is 12.1. The fourth-order valence-corrected chi connectivity index (χ4v) is 2.08. The first-order valence-electron chi connectivity index (χ1n) is 7.72. The van der Waals surface area contributed by atoms with E-state index in [9.17, 15) is 18.0 Å². The fourth-order valence-electron chi connectivity index (χ4n) is 2.08. The molecule has 0 unspecified atom stereocenters. The molecule has 1 N–H and O–H groups in total. The van der Waals surface area contributed by atoms with Crippen LogP contribution in [0.5, 0.6) is 11.5 Å². The Morgan fingerprint density at radius 1 is 0.962 bits per heavy atom. The highest BCUT2D eigenvalue weighted by Crippen LogP contribution is 2.23. The second-order valence-electron chi connectivity index (χ2n) is 5.28. The lowest BCUT2D eigenvalue weighted by Crippen LogP contribution is -2.17. The number of hydrogen-bond donors (Lipinski definition) is 1. The van der Waals surface area contributed by atoms with Crippen LogP contribution in [0.4, 0.5) is 18.9 Å². The summed E-state index contributed by atoms with van der Waals surface area (Å²) in [6, 6.07) is 12.0. The number of anilines is 1. The first kappa shape index (κ1) is 19.6. The quantitative estimate of drug-likeness (QED) is 0.720. The van der Waals surface area contributed by atoms with E-state index in [1.54, 1.807) is 31.4 Å². The summed E-state index contributed by atoms with van der Waals surface area (Å²) in [6.45, 7) is 0.904. The van der Waals surface area contributed by atoms with E-state index < -0.39 is 6.36 Å². The molecule has 0 atom stereocenters. The standard InChI is InChI=1S/C18H18F3NO4/c1-24-10-11-25-15-8-4-14(5-9-15)22-17(23)12-13-2-6-16(7-3-13)26-18(19,20)21/h2-9H,10-12H2,1H3,(H,22,23). The van der Waals surface area contributed by atoms with Crippen molar-refractivity contribution < 1.29 is 32.2 Å². The normalized spacial score (nSPS) is 11.1. The smallest absolute Gasteiger partial charge is 0.491 e. The van der Waals surface area contributed by atoms with E-state index in [1.807, 2.05) is 0 Å². The SMILES string of the molecule is COCCOc1ccc(NC(=O)Cc2ccc(OC(F)(F)F)cc2)cc1. The van der Waals surface area contributed by atoms with Gasteiger partial charge in [-0.15, -0.1) is 13.2 Å². The summed E-state index contributed by atoms with van der Waals surface area (Å²) in [4.78, 5) is 12.0. The van der Waals surface area contributed by atoms with Crippen molar-refractivity contribution in [2.45, 2.75) is 12.8 Å². The molecule has 140 valence electrons. The molecule has 0 bridgehead atoms. The van der Waals surface area contributed by atoms with E-state index in [4.69, 9.17) is 9.47 Å². The van der Waals surface area contributed by atoms with E-state index in [-0.39, 0.29) is 18.1 Å². The maximum absolute atomic E-state index is 12.1. The number of hydrogen-bond acceptors (Lipinski definition) is 4. The third kappa shape index (κ3) is 7.02. The molecule has 0 heterocycles. The van der Waals surface area contributed by atoms with Crippen molar-refractivity contribution in [1.29, 1.82) is 0 Å². The average Bonchev–Trinajstić information content (AvgIpc) is 2.57. The number of halogens is 3. The predicted molar refractivity (Wildman–Crippen MR) is 89.3 cm³/mol. The van der Waals surface area contributed by atoms with Crippen LogP contribution in [0, 0.1) is 0 Å². The van der Waals surface area contributed by atoms with Gasteiger partial charge in [0, 0.05) is 12.8 Å². The average molecular weight is 369 g/mol. The highest BCUT2D eigenvalue weighted by atomic mass is 19.4. The molecular weight excluding hydrogens is 351 g/mol. The lowest BCUT2D eigenvalue weighted by atomic mass is 10.1. The number of methoxy groups -OCH3 is 1. The molecule has 26 heavy (non-hydrogen) atoms. The number of carbonyl (C=O) groups excluding carboxylic acids is 1. The minimum absolute atomic E-state index is 0.0262. The highest BCUT2D eigenvalue weighted by Gasteiger charge is 2.30. The molecule has 0 spiro atoms. The summed E-state index contributed by atoms with van der Waals surface area (Å²) >= 11 is 0. The van der Waals surface area contributed by atoms with Gasteiger partial charge in [0.05, 0.1) is 13.0 Å². The Hall–Kier alpha value is -2.74. The number of benzene rings is 2. The summed E-state index contributed by atoms with van der Waals surface area (Å²) in [7, 11) is 1.58. The van der Waals surface area contributed by atoms with Crippen LogP contribution in [0.15, 0.2) is 48.5 Å². The van der Waals surface area contributed by atoms with Gasteiger partial charge in [-0.2, -0.15) is 0 Å². The van der Waals surface area contributed by atoms with Crippen LogP contribution >= 0.6 is 0 Å². The highest BCUT2D eigenvalue weighted by molar-refractivity contribution is 5.92. The molecular formula is C18H18F3NO4. The fraction of sp³-hybridized carbons (Fsp3) is 0.278. The van der Waals surface area contributed by atoms with Gasteiger partial charge in [-0.3, -0.25) is 4.79 Å². The maximum Gasteiger partial charge on any atom is 0.573 e. The largest absolute Gasteiger partial charge is 0.573 e. The molecule has 0 aliphatic heterocycles. The van der Waals surface area contributed by atoms with Crippen LogP contribution in [-0.2, 0) is 16.0 Å². The van der Waals surface area contributed by atoms with Gasteiger partial charge >= 0.3 is 6.36 Å². The van der Waals surface area contributed by atoms with Gasteiger partial charge in [-0.05, 0) is 42.0 Å². The number of rotatable bonds is 8. The molecule has 0 fully saturated rings. The molecule has 2 aromatic carbocycles. The Bertz CT molecular complexity index is 700. The Kier molecular flexibility index (Phi) is 6.85. The number of carbonyl (C=O) groups is 1. The Balaban J connectivity index is 1.84. The molecule has 2 rings (SSSR count). The van der Waals surface area contributed by atoms with Crippen molar-refractivity contribution in [2.24, 2.45) is 0 Å². The summed E-state index contributed by atoms with van der Waals surface area (Å²) in [5, 5.41) is 2.71. The van der Waals surface area contributed by atoms with Gasteiger partial charge < -0.3 is 19.5 Å². The molecule has 2 aromatic rings. The number of alkyl halides is 3. The van der Waals surface area contributed by atoms with Gasteiger partial charge in [0.15, 0.2) is 0 Å². The first-order valence-corrected chi connectivity index (χ1v) is 7.72. The Morgan fingerprint density at radius 2 is 1.58 bits per heavy atom. The second kappa shape index (κ2) is 9.10. The van der Waals surface area contributed by atoms with Crippen molar-refractivity contribution in [3.05, 3.63) is 54.1 Å². The molecule has 0 saturated carbocycles. The molecule has 5 nitrogen and oxygen atoms in total. The Labute approximate surface area is 148 Å². The first-order chi connectivity index (χ1) is 12.4. The lowest BCUT2D eigenvalue weighted by molar-refractivity contribution is -0.274. The van der Waals surface area contributed by atoms with Gasteiger partial charge in [0.1, 0.15) is 18.1 Å². The monoisotopic (exact) mass is 369 g/mol. The van der Waals surface area contributed by atoms with Gasteiger partial charge in [-0.1, -0.05) is 12.1 Å². The van der Waals surface area contributed by atoms with E-state index in [0.29, 0.717) is 30.2 Å². The topological polar surface area (TPSA) is 56.8 Å².